The van der Waals surface area contributed by atoms with Gasteiger partial charge in [0.25, 0.3) is 0 Å². The van der Waals surface area contributed by atoms with Gasteiger partial charge in [-0.2, -0.15) is 0 Å². The van der Waals surface area contributed by atoms with Gasteiger partial charge in [-0.15, -0.1) is 0 Å². The van der Waals surface area contributed by atoms with Crippen LogP contribution in [0.15, 0.2) is 6.20 Å². The maximum Gasteiger partial charge on any atom is 0.220 e. The van der Waals surface area contributed by atoms with Crippen LogP contribution >= 0.6 is 0 Å². The molecule has 20 heavy (non-hydrogen) atoms. The second-order valence-electron chi connectivity index (χ2n) is 5.73. The number of amides is 1. The Morgan fingerprint density at radius 2 is 2.45 bits per heavy atom. The molecule has 2 rings (SSSR count). The maximum absolute atomic E-state index is 11.4. The van der Waals surface area contributed by atoms with Crippen LogP contribution in [0.2, 0.25) is 0 Å². The van der Waals surface area contributed by atoms with Crippen LogP contribution in [0.1, 0.15) is 44.1 Å². The number of carbonyl (C=O) groups excluding carboxylic acids is 1. The van der Waals surface area contributed by atoms with Crippen molar-refractivity contribution in [2.75, 3.05) is 20.1 Å². The number of unbranched alkanes of at least 4 members (excludes halogenated alkanes) is 1. The highest BCUT2D eigenvalue weighted by Crippen LogP contribution is 2.21. The van der Waals surface area contributed by atoms with Gasteiger partial charge in [0.15, 0.2) is 0 Å². The maximum atomic E-state index is 11.4. The van der Waals surface area contributed by atoms with Gasteiger partial charge in [0.05, 0.1) is 0 Å². The zero-order chi connectivity index (χ0) is 14.4. The number of imidazole rings is 1. The minimum Gasteiger partial charge on any atom is -0.359 e. The second-order valence-corrected chi connectivity index (χ2v) is 5.73. The summed E-state index contributed by atoms with van der Waals surface area (Å²) in [6.07, 6.45) is 7.14. The number of aromatic nitrogens is 2. The van der Waals surface area contributed by atoms with Crippen LogP contribution in [0, 0.1) is 5.92 Å². The summed E-state index contributed by atoms with van der Waals surface area (Å²) in [6, 6.07) is 0. The first-order chi connectivity index (χ1) is 9.71. The number of nitrogens with zero attached hydrogens (tertiary/aromatic N) is 2. The predicted molar refractivity (Wildman–Crippen MR) is 79.3 cm³/mol. The molecular formula is C15H26N4O. The molecule has 1 aliphatic heterocycles. The number of H-pyrrole nitrogens is 1. The van der Waals surface area contributed by atoms with Crippen molar-refractivity contribution in [3.8, 4) is 0 Å². The van der Waals surface area contributed by atoms with Crippen molar-refractivity contribution in [1.82, 2.24) is 20.2 Å². The molecule has 1 amide bonds. The number of aryl methyl sites for hydroxylation is 1. The van der Waals surface area contributed by atoms with E-state index in [9.17, 15) is 4.79 Å². The number of rotatable bonds is 7. The van der Waals surface area contributed by atoms with Gasteiger partial charge >= 0.3 is 0 Å². The number of likely N-dealkylation sites (tertiary alicyclic amines) is 1. The van der Waals surface area contributed by atoms with E-state index in [0.717, 1.165) is 38.3 Å². The summed E-state index contributed by atoms with van der Waals surface area (Å²) in [4.78, 5) is 21.6. The summed E-state index contributed by atoms with van der Waals surface area (Å²) in [5.41, 5.74) is 1.19. The van der Waals surface area contributed by atoms with E-state index in [2.05, 4.69) is 27.1 Å². The topological polar surface area (TPSA) is 61.0 Å². The molecule has 112 valence electrons. The van der Waals surface area contributed by atoms with Crippen LogP contribution in [-0.4, -0.2) is 40.9 Å². The Kier molecular flexibility index (Phi) is 5.59. The molecule has 2 N–H and O–H groups in total. The fourth-order valence-corrected chi connectivity index (χ4v) is 2.79. The van der Waals surface area contributed by atoms with Crippen molar-refractivity contribution in [2.24, 2.45) is 5.92 Å². The van der Waals surface area contributed by atoms with Gasteiger partial charge in [-0.05, 0) is 25.3 Å². The van der Waals surface area contributed by atoms with Crippen molar-refractivity contribution in [3.63, 3.8) is 0 Å². The Bertz CT molecular complexity index is 429. The Hall–Kier alpha value is -1.36. The van der Waals surface area contributed by atoms with E-state index in [1.165, 1.54) is 18.5 Å². The summed E-state index contributed by atoms with van der Waals surface area (Å²) in [6.45, 7) is 5.20. The molecule has 0 saturated carbocycles. The predicted octanol–water partition coefficient (Wildman–Crippen LogP) is 1.71. The monoisotopic (exact) mass is 278 g/mol. The molecule has 1 aliphatic rings. The number of nitrogens with one attached hydrogen (secondary N) is 2. The molecule has 5 heteroatoms. The van der Waals surface area contributed by atoms with Crippen LogP contribution in [-0.2, 0) is 17.8 Å². The lowest BCUT2D eigenvalue weighted by atomic mass is 10.1. The summed E-state index contributed by atoms with van der Waals surface area (Å²) < 4.78 is 0. The van der Waals surface area contributed by atoms with Crippen molar-refractivity contribution in [2.45, 2.75) is 45.6 Å². The highest BCUT2D eigenvalue weighted by atomic mass is 16.1. The lowest BCUT2D eigenvalue weighted by molar-refractivity contribution is -0.121. The summed E-state index contributed by atoms with van der Waals surface area (Å²) in [5, 5.41) is 2.71. The van der Waals surface area contributed by atoms with E-state index in [0.29, 0.717) is 12.3 Å². The van der Waals surface area contributed by atoms with Crippen LogP contribution in [0.3, 0.4) is 0 Å². The standard InChI is InChI=1S/C15H26N4O/c1-3-4-5-14-17-9-13(18-14)11-19-7-6-12(10-19)8-15(20)16-2/h9,12H,3-8,10-11H2,1-2H3,(H,16,20)(H,17,18)/t12-/m1/s1. The van der Waals surface area contributed by atoms with Crippen LogP contribution < -0.4 is 5.32 Å². The Labute approximate surface area is 121 Å². The molecule has 0 bridgehead atoms. The van der Waals surface area contributed by atoms with Gasteiger partial charge in [0, 0.05) is 44.9 Å². The zero-order valence-corrected chi connectivity index (χ0v) is 12.6. The van der Waals surface area contributed by atoms with Gasteiger partial charge in [0.2, 0.25) is 5.91 Å². The summed E-state index contributed by atoms with van der Waals surface area (Å²) in [7, 11) is 1.71. The molecule has 0 aliphatic carbocycles. The van der Waals surface area contributed by atoms with Crippen molar-refractivity contribution in [3.05, 3.63) is 17.7 Å². The summed E-state index contributed by atoms with van der Waals surface area (Å²) >= 11 is 0. The smallest absolute Gasteiger partial charge is 0.220 e. The van der Waals surface area contributed by atoms with Gasteiger partial charge in [-0.3, -0.25) is 9.69 Å². The zero-order valence-electron chi connectivity index (χ0n) is 12.6. The van der Waals surface area contributed by atoms with E-state index in [1.807, 2.05) is 6.20 Å². The molecule has 0 radical (unpaired) electrons. The molecular weight excluding hydrogens is 252 g/mol. The fourth-order valence-electron chi connectivity index (χ4n) is 2.79. The van der Waals surface area contributed by atoms with E-state index < -0.39 is 0 Å². The Morgan fingerprint density at radius 3 is 3.20 bits per heavy atom. The lowest BCUT2D eigenvalue weighted by Crippen LogP contribution is -2.24. The normalized spacial score (nSPS) is 19.4. The van der Waals surface area contributed by atoms with Crippen LogP contribution in [0.4, 0.5) is 0 Å². The average molecular weight is 278 g/mol. The minimum atomic E-state index is 0.153. The second kappa shape index (κ2) is 7.43. The third-order valence-electron chi connectivity index (χ3n) is 3.97. The lowest BCUT2D eigenvalue weighted by Gasteiger charge is -2.14. The van der Waals surface area contributed by atoms with Crippen molar-refractivity contribution >= 4 is 5.91 Å². The van der Waals surface area contributed by atoms with Crippen LogP contribution in [0.25, 0.3) is 0 Å². The molecule has 1 saturated heterocycles. The Balaban J connectivity index is 1.77. The van der Waals surface area contributed by atoms with Gasteiger partial charge in [-0.1, -0.05) is 13.3 Å². The SMILES string of the molecule is CCCCc1ncc(CN2CC[C@H](CC(=O)NC)C2)[nH]1. The highest BCUT2D eigenvalue weighted by Gasteiger charge is 2.24. The first-order valence-corrected chi connectivity index (χ1v) is 7.67. The van der Waals surface area contributed by atoms with Crippen molar-refractivity contribution < 1.29 is 4.79 Å². The Morgan fingerprint density at radius 1 is 1.60 bits per heavy atom. The molecule has 1 fully saturated rings. The number of aromatic amines is 1. The average Bonchev–Trinajstić information content (AvgIpc) is 3.06. The molecule has 5 nitrogen and oxygen atoms in total. The van der Waals surface area contributed by atoms with Gasteiger partial charge < -0.3 is 10.3 Å². The molecule has 0 unspecified atom stereocenters. The third kappa shape index (κ3) is 4.34. The summed E-state index contributed by atoms with van der Waals surface area (Å²) in [5.74, 6) is 1.75. The van der Waals surface area contributed by atoms with E-state index in [-0.39, 0.29) is 5.91 Å². The van der Waals surface area contributed by atoms with Gasteiger partial charge in [-0.25, -0.2) is 4.98 Å². The largest absolute Gasteiger partial charge is 0.359 e. The fraction of sp³-hybridized carbons (Fsp3) is 0.733. The first kappa shape index (κ1) is 15.0. The molecule has 1 aromatic rings. The molecule has 0 aromatic carbocycles. The number of carbonyl (C=O) groups is 1. The molecule has 0 spiro atoms. The molecule has 2 heterocycles. The number of hydrogen-bond donors (Lipinski definition) is 2. The van der Waals surface area contributed by atoms with E-state index >= 15 is 0 Å². The first-order valence-electron chi connectivity index (χ1n) is 7.67. The molecule has 1 aromatic heterocycles. The highest BCUT2D eigenvalue weighted by molar-refractivity contribution is 5.75. The van der Waals surface area contributed by atoms with Crippen LogP contribution in [0.5, 0.6) is 0 Å². The number of hydrogen-bond acceptors (Lipinski definition) is 3. The minimum absolute atomic E-state index is 0.153. The molecule has 1 atom stereocenters. The van der Waals surface area contributed by atoms with E-state index in [1.54, 1.807) is 7.05 Å². The van der Waals surface area contributed by atoms with Crippen molar-refractivity contribution in [1.29, 1.82) is 0 Å². The third-order valence-corrected chi connectivity index (χ3v) is 3.97. The quantitative estimate of drug-likeness (QED) is 0.798. The van der Waals surface area contributed by atoms with Gasteiger partial charge in [0.1, 0.15) is 5.82 Å². The van der Waals surface area contributed by atoms with E-state index in [4.69, 9.17) is 0 Å².